The van der Waals surface area contributed by atoms with Crippen LogP contribution in [0.4, 0.5) is 0 Å². The summed E-state index contributed by atoms with van der Waals surface area (Å²) in [6, 6.07) is 0. The summed E-state index contributed by atoms with van der Waals surface area (Å²) in [7, 11) is -4.67. The first kappa shape index (κ1) is 34.5. The number of fused-ring (bicyclic) bond motifs is 20. The molecule has 0 aromatic heterocycles. The molecule has 4 saturated carbocycles. The summed E-state index contributed by atoms with van der Waals surface area (Å²) in [5.74, 6) is 5.97. The molecular weight excluding hydrogens is 656 g/mol. The molecule has 10 N–H and O–H groups in total. The molecule has 4 aliphatic carbocycles. The fourth-order valence-corrected chi connectivity index (χ4v) is 12.0. The van der Waals surface area contributed by atoms with E-state index in [1.165, 1.54) is 103 Å². The molecule has 0 amide bonds. The summed E-state index contributed by atoms with van der Waals surface area (Å²) >= 11 is 0. The Kier molecular flexibility index (Phi) is 10.8. The van der Waals surface area contributed by atoms with Crippen molar-refractivity contribution in [1.82, 2.24) is 42.5 Å². The fourth-order valence-electron chi connectivity index (χ4n) is 12.0. The van der Waals surface area contributed by atoms with Gasteiger partial charge in [0.05, 0.1) is 49.3 Å². The van der Waals surface area contributed by atoms with Crippen LogP contribution in [0.25, 0.3) is 0 Å². The minimum atomic E-state index is -4.67. The van der Waals surface area contributed by atoms with Gasteiger partial charge >= 0.3 is 10.4 Å². The maximum atomic E-state index is 8.74. The molecule has 0 aromatic carbocycles. The Morgan fingerprint density at radius 1 is 0.326 bits per heavy atom. The van der Waals surface area contributed by atoms with Crippen molar-refractivity contribution in [3.63, 3.8) is 0 Å². The van der Waals surface area contributed by atoms with Gasteiger partial charge in [-0.1, -0.05) is 51.4 Å². The monoisotopic (exact) mass is 713 g/mol. The van der Waals surface area contributed by atoms with Crippen molar-refractivity contribution >= 4 is 10.4 Å². The van der Waals surface area contributed by atoms with E-state index in [1.54, 1.807) is 0 Å². The van der Waals surface area contributed by atoms with E-state index in [9.17, 15) is 0 Å². The van der Waals surface area contributed by atoms with Crippen LogP contribution >= 0.6 is 0 Å². The van der Waals surface area contributed by atoms with E-state index in [0.29, 0.717) is 49.3 Å². The molecular formula is C32H58CuN8O4S. The molecule has 267 valence electrons. The summed E-state index contributed by atoms with van der Waals surface area (Å²) < 4.78 is 31.6. The number of hydrogen-bond donors (Lipinski definition) is 10. The van der Waals surface area contributed by atoms with Crippen LogP contribution in [0, 0.1) is 47.3 Å². The first-order valence-electron chi connectivity index (χ1n) is 18.6. The van der Waals surface area contributed by atoms with E-state index in [-0.39, 0.29) is 17.1 Å². The van der Waals surface area contributed by atoms with Crippen LogP contribution in [0.2, 0.25) is 0 Å². The average Bonchev–Trinajstić information content (AvgIpc) is 3.76. The van der Waals surface area contributed by atoms with Gasteiger partial charge < -0.3 is 0 Å². The Morgan fingerprint density at radius 3 is 0.543 bits per heavy atom. The molecule has 0 spiro atoms. The van der Waals surface area contributed by atoms with Crippen molar-refractivity contribution in [1.29, 1.82) is 0 Å². The Balaban J connectivity index is 0.000000526. The van der Waals surface area contributed by atoms with Crippen LogP contribution in [0.15, 0.2) is 0 Å². The number of nitrogens with one attached hydrogen (secondary N) is 8. The summed E-state index contributed by atoms with van der Waals surface area (Å²) in [4.78, 5) is 0. The van der Waals surface area contributed by atoms with Gasteiger partial charge in [0.25, 0.3) is 0 Å². The Bertz CT molecular complexity index is 941. The summed E-state index contributed by atoms with van der Waals surface area (Å²) in [5.41, 5.74) is 0. The molecule has 5 saturated heterocycles. The first-order valence-corrected chi connectivity index (χ1v) is 20.0. The largest absolute Gasteiger partial charge is 0.394 e. The topological polar surface area (TPSA) is 171 Å². The quantitative estimate of drug-likeness (QED) is 0.131. The van der Waals surface area contributed by atoms with Crippen LogP contribution in [-0.2, 0) is 27.5 Å². The molecule has 0 aromatic rings. The second-order valence-electron chi connectivity index (χ2n) is 16.1. The van der Waals surface area contributed by atoms with Crippen molar-refractivity contribution in [2.75, 3.05) is 0 Å². The summed E-state index contributed by atoms with van der Waals surface area (Å²) in [5, 5.41) is 33.8. The molecule has 8 atom stereocenters. The molecule has 9 rings (SSSR count). The second kappa shape index (κ2) is 14.4. The molecule has 9 aliphatic rings. The average molecular weight is 714 g/mol. The number of rotatable bonds is 0. The molecule has 12 nitrogen and oxygen atoms in total. The maximum Gasteiger partial charge on any atom is 0.394 e. The maximum absolute atomic E-state index is 8.74. The van der Waals surface area contributed by atoms with Crippen molar-refractivity contribution in [3.8, 4) is 0 Å². The Morgan fingerprint density at radius 2 is 0.435 bits per heavy atom. The van der Waals surface area contributed by atoms with E-state index < -0.39 is 10.4 Å². The standard InChI is InChI=1S/C32H56N8.Cu.H2O4S/c1-2-10-18-17(9-1)25-33-26(18)38-28-21-13-5-6-14-22(21)30(35-28)40-32-24-16-8-7-15-23(24)31(36-32)39-29-20-12-4-3-11-19(20)27(34-29)37-25;;1-5(2,3)4/h17-40H,1-16H2;;(H2,1,2,3,4). The SMILES string of the molecule is C1CCC2C3NC(NC4NC(NC5NC(NC6NC(N3)C3CCCCC63)C3CCCCC53)C3CCCCC43)C2C1.O=S(=O)(O)O.[Cu]. The third-order valence-electron chi connectivity index (χ3n) is 13.8. The molecule has 8 unspecified atom stereocenters. The minimum absolute atomic E-state index is 0. The molecule has 9 fully saturated rings. The molecule has 5 aliphatic heterocycles. The normalized spacial score (nSPS) is 51.3. The molecule has 5 heterocycles. The molecule has 14 heteroatoms. The summed E-state index contributed by atoms with van der Waals surface area (Å²) in [6.07, 6.45) is 25.6. The van der Waals surface area contributed by atoms with Gasteiger partial charge in [0, 0.05) is 17.1 Å². The van der Waals surface area contributed by atoms with Crippen LogP contribution in [0.3, 0.4) is 0 Å². The zero-order valence-corrected chi connectivity index (χ0v) is 28.7. The van der Waals surface area contributed by atoms with E-state index in [0.717, 1.165) is 47.3 Å². The van der Waals surface area contributed by atoms with Gasteiger partial charge in [0.1, 0.15) is 0 Å². The van der Waals surface area contributed by atoms with Crippen LogP contribution in [0.5, 0.6) is 0 Å². The van der Waals surface area contributed by atoms with Gasteiger partial charge in [-0.05, 0) is 98.7 Å². The third-order valence-corrected chi connectivity index (χ3v) is 13.8. The van der Waals surface area contributed by atoms with E-state index in [4.69, 9.17) is 17.5 Å². The molecule has 8 bridgehead atoms. The van der Waals surface area contributed by atoms with Gasteiger partial charge in [0.2, 0.25) is 0 Å². The second-order valence-corrected chi connectivity index (χ2v) is 16.9. The van der Waals surface area contributed by atoms with Crippen molar-refractivity contribution in [2.45, 2.75) is 152 Å². The zero-order valence-electron chi connectivity index (χ0n) is 27.0. The van der Waals surface area contributed by atoms with Crippen molar-refractivity contribution in [3.05, 3.63) is 0 Å². The molecule has 1 radical (unpaired) electrons. The van der Waals surface area contributed by atoms with Gasteiger partial charge in [0.15, 0.2) is 0 Å². The van der Waals surface area contributed by atoms with Gasteiger partial charge in [-0.2, -0.15) is 8.42 Å². The van der Waals surface area contributed by atoms with Crippen LogP contribution in [0.1, 0.15) is 103 Å². The van der Waals surface area contributed by atoms with E-state index in [2.05, 4.69) is 42.5 Å². The van der Waals surface area contributed by atoms with Crippen LogP contribution in [-0.4, -0.2) is 66.8 Å². The minimum Gasteiger partial charge on any atom is -0.286 e. The van der Waals surface area contributed by atoms with Gasteiger partial charge in [-0.15, -0.1) is 0 Å². The Hall–Kier alpha value is 0.0695. The third kappa shape index (κ3) is 7.00. The fraction of sp³-hybridized carbons (Fsp3) is 1.00. The number of hydrogen-bond acceptors (Lipinski definition) is 10. The van der Waals surface area contributed by atoms with E-state index >= 15 is 0 Å². The van der Waals surface area contributed by atoms with Gasteiger partial charge in [-0.3, -0.25) is 51.6 Å². The zero-order chi connectivity index (χ0) is 30.7. The van der Waals surface area contributed by atoms with Crippen molar-refractivity contribution < 1.29 is 34.6 Å². The smallest absolute Gasteiger partial charge is 0.286 e. The molecule has 46 heavy (non-hydrogen) atoms. The summed E-state index contributed by atoms with van der Waals surface area (Å²) in [6.45, 7) is 0. The Labute approximate surface area is 286 Å². The predicted octanol–water partition coefficient (Wildman–Crippen LogP) is 1.95. The van der Waals surface area contributed by atoms with Gasteiger partial charge in [-0.25, -0.2) is 0 Å². The van der Waals surface area contributed by atoms with Crippen molar-refractivity contribution in [2.24, 2.45) is 47.3 Å². The van der Waals surface area contributed by atoms with E-state index in [1.807, 2.05) is 0 Å². The predicted molar refractivity (Wildman–Crippen MR) is 171 cm³/mol. The van der Waals surface area contributed by atoms with Crippen LogP contribution < -0.4 is 42.5 Å². The first-order chi connectivity index (χ1) is 21.8.